The molecule has 0 aliphatic carbocycles. The first-order valence-electron chi connectivity index (χ1n) is 6.54. The summed E-state index contributed by atoms with van der Waals surface area (Å²) in [5.41, 5.74) is -0.350. The van der Waals surface area contributed by atoms with E-state index in [9.17, 15) is 18.0 Å². The lowest BCUT2D eigenvalue weighted by atomic mass is 10.1. The van der Waals surface area contributed by atoms with E-state index in [1.807, 2.05) is 0 Å². The molecule has 0 saturated heterocycles. The third-order valence-corrected chi connectivity index (χ3v) is 2.81. The molecule has 0 fully saturated rings. The first kappa shape index (κ1) is 16.7. The zero-order valence-electron chi connectivity index (χ0n) is 12.3. The van der Waals surface area contributed by atoms with Crippen molar-refractivity contribution < 1.29 is 27.4 Å². The Morgan fingerprint density at radius 3 is 2.61 bits per heavy atom. The molecule has 0 unspecified atom stereocenters. The Kier molecular flexibility index (Phi) is 4.83. The quantitative estimate of drug-likeness (QED) is 0.807. The van der Waals surface area contributed by atoms with Gasteiger partial charge in [0.15, 0.2) is 5.69 Å². The Labute approximate surface area is 130 Å². The summed E-state index contributed by atoms with van der Waals surface area (Å²) in [6.45, 7) is 1.41. The molecule has 1 heterocycles. The molecular weight excluding hydrogens is 313 g/mol. The van der Waals surface area contributed by atoms with Crippen molar-refractivity contribution in [1.82, 2.24) is 9.97 Å². The molecule has 0 aliphatic rings. The van der Waals surface area contributed by atoms with E-state index in [1.165, 1.54) is 26.2 Å². The zero-order chi connectivity index (χ0) is 17.0. The number of rotatable bonds is 4. The molecule has 0 bridgehead atoms. The fourth-order valence-electron chi connectivity index (χ4n) is 1.80. The van der Waals surface area contributed by atoms with Crippen LogP contribution in [0.1, 0.15) is 17.0 Å². The van der Waals surface area contributed by atoms with Crippen molar-refractivity contribution in [3.63, 3.8) is 0 Å². The fraction of sp³-hybridized carbons (Fsp3) is 0.267. The molecule has 1 aromatic heterocycles. The topological polar surface area (TPSA) is 61.3 Å². The number of esters is 1. The van der Waals surface area contributed by atoms with Gasteiger partial charge in [0.05, 0.1) is 13.5 Å². The minimum atomic E-state index is -4.58. The Bertz CT molecular complexity index is 717. The summed E-state index contributed by atoms with van der Waals surface area (Å²) in [5, 5.41) is 0. The van der Waals surface area contributed by atoms with Gasteiger partial charge >= 0.3 is 18.2 Å². The number of nitrogens with zero attached hydrogens (tertiary/aromatic N) is 2. The molecule has 0 saturated carbocycles. The van der Waals surface area contributed by atoms with E-state index in [-0.39, 0.29) is 17.9 Å². The van der Waals surface area contributed by atoms with Gasteiger partial charge in [-0.05, 0) is 30.7 Å². The molecule has 1 aromatic carbocycles. The molecule has 8 heteroatoms. The van der Waals surface area contributed by atoms with Gasteiger partial charge in [0, 0.05) is 5.69 Å². The van der Waals surface area contributed by atoms with Crippen molar-refractivity contribution in [3.8, 4) is 11.8 Å². The predicted octanol–water partition coefficient (Wildman–Crippen LogP) is 3.31. The first-order chi connectivity index (χ1) is 10.8. The van der Waals surface area contributed by atoms with Crippen molar-refractivity contribution in [2.24, 2.45) is 0 Å². The monoisotopic (exact) mass is 326 g/mol. The Morgan fingerprint density at radius 1 is 1.22 bits per heavy atom. The number of benzene rings is 1. The minimum absolute atomic E-state index is 0.0240. The van der Waals surface area contributed by atoms with Crippen LogP contribution in [0.4, 0.5) is 13.2 Å². The summed E-state index contributed by atoms with van der Waals surface area (Å²) in [7, 11) is 1.27. The second-order valence-corrected chi connectivity index (χ2v) is 4.68. The number of hydrogen-bond donors (Lipinski definition) is 0. The van der Waals surface area contributed by atoms with Crippen molar-refractivity contribution in [1.29, 1.82) is 0 Å². The van der Waals surface area contributed by atoms with Gasteiger partial charge < -0.3 is 9.47 Å². The lowest BCUT2D eigenvalue weighted by molar-refractivity contribution is -0.141. The molecular formula is C15H13F3N2O3. The number of aromatic nitrogens is 2. The third-order valence-electron chi connectivity index (χ3n) is 2.81. The van der Waals surface area contributed by atoms with Gasteiger partial charge in [0.25, 0.3) is 0 Å². The highest BCUT2D eigenvalue weighted by Crippen LogP contribution is 2.30. The smallest absolute Gasteiger partial charge is 0.433 e. The number of hydrogen-bond acceptors (Lipinski definition) is 5. The van der Waals surface area contributed by atoms with Gasteiger partial charge in [-0.2, -0.15) is 18.2 Å². The molecule has 0 aliphatic heterocycles. The van der Waals surface area contributed by atoms with E-state index < -0.39 is 23.8 Å². The fourth-order valence-corrected chi connectivity index (χ4v) is 1.80. The lowest BCUT2D eigenvalue weighted by Gasteiger charge is -2.10. The van der Waals surface area contributed by atoms with E-state index in [2.05, 4.69) is 14.7 Å². The minimum Gasteiger partial charge on any atom is -0.469 e. The highest BCUT2D eigenvalue weighted by atomic mass is 19.4. The first-order valence-corrected chi connectivity index (χ1v) is 6.54. The summed E-state index contributed by atoms with van der Waals surface area (Å²) >= 11 is 0. The maximum atomic E-state index is 12.7. The number of carbonyl (C=O) groups excluding carboxylic acids is 1. The number of ether oxygens (including phenoxy) is 2. The summed E-state index contributed by atoms with van der Waals surface area (Å²) in [6.07, 6.45) is -4.56. The summed E-state index contributed by atoms with van der Waals surface area (Å²) in [6, 6.07) is 6.74. The molecule has 2 rings (SSSR count). The maximum Gasteiger partial charge on any atom is 0.433 e. The van der Waals surface area contributed by atoms with Crippen LogP contribution in [-0.2, 0) is 22.1 Å². The van der Waals surface area contributed by atoms with Crippen molar-refractivity contribution in [2.75, 3.05) is 7.11 Å². The summed E-state index contributed by atoms with van der Waals surface area (Å²) < 4.78 is 48.0. The van der Waals surface area contributed by atoms with Crippen LogP contribution in [-0.4, -0.2) is 23.0 Å². The van der Waals surface area contributed by atoms with Gasteiger partial charge in [-0.3, -0.25) is 4.79 Å². The Balaban J connectivity index is 2.24. The van der Waals surface area contributed by atoms with Crippen LogP contribution < -0.4 is 4.74 Å². The highest BCUT2D eigenvalue weighted by Gasteiger charge is 2.33. The van der Waals surface area contributed by atoms with Gasteiger partial charge in [0.2, 0.25) is 0 Å². The van der Waals surface area contributed by atoms with Crippen LogP contribution in [0, 0.1) is 6.92 Å². The van der Waals surface area contributed by atoms with Crippen molar-refractivity contribution in [2.45, 2.75) is 19.5 Å². The standard InChI is InChI=1S/C15H13F3N2O3/c1-9-6-12(15(16,17)18)20-14(19-9)23-11-5-3-4-10(7-11)8-13(21)22-2/h3-7H,8H2,1-2H3. The predicted molar refractivity (Wildman–Crippen MR) is 74.0 cm³/mol. The van der Waals surface area contributed by atoms with Crippen LogP contribution in [0.2, 0.25) is 0 Å². The Morgan fingerprint density at radius 2 is 1.96 bits per heavy atom. The average molecular weight is 326 g/mol. The maximum absolute atomic E-state index is 12.7. The zero-order valence-corrected chi connectivity index (χ0v) is 12.3. The molecule has 23 heavy (non-hydrogen) atoms. The second-order valence-electron chi connectivity index (χ2n) is 4.68. The number of methoxy groups -OCH3 is 1. The molecule has 0 N–H and O–H groups in total. The van der Waals surface area contributed by atoms with Gasteiger partial charge in [-0.1, -0.05) is 12.1 Å². The van der Waals surface area contributed by atoms with E-state index in [0.29, 0.717) is 5.56 Å². The average Bonchev–Trinajstić information content (AvgIpc) is 2.46. The van der Waals surface area contributed by atoms with Gasteiger partial charge in [-0.15, -0.1) is 0 Å². The van der Waals surface area contributed by atoms with E-state index in [4.69, 9.17) is 4.74 Å². The largest absolute Gasteiger partial charge is 0.469 e. The third kappa shape index (κ3) is 4.67. The van der Waals surface area contributed by atoms with Crippen LogP contribution in [0.5, 0.6) is 11.8 Å². The van der Waals surface area contributed by atoms with Crippen LogP contribution in [0.3, 0.4) is 0 Å². The summed E-state index contributed by atoms with van der Waals surface area (Å²) in [4.78, 5) is 18.4. The van der Waals surface area contributed by atoms with Gasteiger partial charge in [0.1, 0.15) is 5.75 Å². The van der Waals surface area contributed by atoms with E-state index >= 15 is 0 Å². The summed E-state index contributed by atoms with van der Waals surface area (Å²) in [5.74, 6) is -0.210. The number of carbonyl (C=O) groups is 1. The number of alkyl halides is 3. The Hall–Kier alpha value is -2.64. The molecule has 0 amide bonds. The molecule has 0 spiro atoms. The normalized spacial score (nSPS) is 11.2. The van der Waals surface area contributed by atoms with Crippen LogP contribution in [0.25, 0.3) is 0 Å². The molecule has 122 valence electrons. The van der Waals surface area contributed by atoms with Crippen molar-refractivity contribution in [3.05, 3.63) is 47.3 Å². The highest BCUT2D eigenvalue weighted by molar-refractivity contribution is 5.72. The van der Waals surface area contributed by atoms with E-state index in [1.54, 1.807) is 12.1 Å². The molecule has 0 atom stereocenters. The van der Waals surface area contributed by atoms with Gasteiger partial charge in [-0.25, -0.2) is 4.98 Å². The van der Waals surface area contributed by atoms with Crippen molar-refractivity contribution >= 4 is 5.97 Å². The lowest BCUT2D eigenvalue weighted by Crippen LogP contribution is -2.10. The van der Waals surface area contributed by atoms with Crippen LogP contribution in [0.15, 0.2) is 30.3 Å². The van der Waals surface area contributed by atoms with Crippen LogP contribution >= 0.6 is 0 Å². The second kappa shape index (κ2) is 6.64. The number of halogens is 3. The molecule has 0 radical (unpaired) electrons. The molecule has 2 aromatic rings. The molecule has 5 nitrogen and oxygen atoms in total. The number of aryl methyl sites for hydroxylation is 1. The van der Waals surface area contributed by atoms with E-state index in [0.717, 1.165) is 6.07 Å². The SMILES string of the molecule is COC(=O)Cc1cccc(Oc2nc(C)cc(C(F)(F)F)n2)c1.